The predicted molar refractivity (Wildman–Crippen MR) is 148 cm³/mol. The molecular formula is C29H39N7O4. The van der Waals surface area contributed by atoms with Crippen LogP contribution in [-0.4, -0.2) is 74.1 Å². The minimum atomic E-state index is -0.214. The van der Waals surface area contributed by atoms with E-state index in [0.29, 0.717) is 36.1 Å². The van der Waals surface area contributed by atoms with E-state index in [1.807, 2.05) is 38.9 Å². The van der Waals surface area contributed by atoms with Crippen LogP contribution in [0.5, 0.6) is 0 Å². The first-order chi connectivity index (χ1) is 19.1. The lowest BCUT2D eigenvalue weighted by atomic mass is 9.78. The van der Waals surface area contributed by atoms with Gasteiger partial charge in [-0.05, 0) is 37.7 Å². The molecule has 2 atom stereocenters. The molecule has 3 aliphatic rings. The molecule has 1 aromatic carbocycles. The molecule has 214 valence electrons. The second-order valence-corrected chi connectivity index (χ2v) is 12.0. The number of amides is 3. The third-order valence-corrected chi connectivity index (χ3v) is 8.20. The molecule has 1 aliphatic carbocycles. The van der Waals surface area contributed by atoms with Gasteiger partial charge in [-0.1, -0.05) is 49.3 Å². The molecule has 0 unspecified atom stereocenters. The van der Waals surface area contributed by atoms with Gasteiger partial charge in [-0.2, -0.15) is 10.1 Å². The lowest BCUT2D eigenvalue weighted by Gasteiger charge is -2.48. The lowest BCUT2D eigenvalue weighted by molar-refractivity contribution is -0.144. The van der Waals surface area contributed by atoms with Crippen LogP contribution in [0.25, 0.3) is 0 Å². The summed E-state index contributed by atoms with van der Waals surface area (Å²) in [6, 6.07) is 9.90. The number of carbonyl (C=O) groups excluding carboxylic acids is 3. The van der Waals surface area contributed by atoms with Crippen molar-refractivity contribution in [2.45, 2.75) is 53.1 Å². The fraction of sp³-hybridized carbons (Fsp3) is 0.517. The number of benzene rings is 1. The molecule has 6 rings (SSSR count). The average Bonchev–Trinajstić information content (AvgIpc) is 3.40. The molecular weight excluding hydrogens is 510 g/mol. The Bertz CT molecular complexity index is 1370. The molecule has 1 spiro atoms. The molecule has 0 bridgehead atoms. The van der Waals surface area contributed by atoms with Gasteiger partial charge in [0.05, 0.1) is 18.3 Å². The summed E-state index contributed by atoms with van der Waals surface area (Å²) in [6.07, 6.45) is 6.10. The van der Waals surface area contributed by atoms with Crippen LogP contribution in [-0.2, 0) is 16.1 Å². The van der Waals surface area contributed by atoms with Crippen molar-refractivity contribution >= 4 is 18.2 Å². The smallest absolute Gasteiger partial charge is 0.257 e. The molecule has 4 heterocycles. The van der Waals surface area contributed by atoms with Crippen molar-refractivity contribution in [3.05, 3.63) is 65.6 Å². The van der Waals surface area contributed by atoms with Crippen LogP contribution in [0.4, 0.5) is 0 Å². The molecule has 0 radical (unpaired) electrons. The van der Waals surface area contributed by atoms with Crippen molar-refractivity contribution in [2.24, 2.45) is 16.7 Å². The van der Waals surface area contributed by atoms with Crippen LogP contribution in [0.2, 0.25) is 0 Å². The lowest BCUT2D eigenvalue weighted by Crippen LogP contribution is -2.60. The molecule has 11 heteroatoms. The maximum Gasteiger partial charge on any atom is 0.257 e. The Morgan fingerprint density at radius 3 is 2.52 bits per heavy atom. The van der Waals surface area contributed by atoms with E-state index in [0.717, 1.165) is 44.6 Å². The summed E-state index contributed by atoms with van der Waals surface area (Å²) in [5, 5.41) is 10.4. The number of hydrogen-bond acceptors (Lipinski definition) is 7. The maximum atomic E-state index is 13.0. The Balaban J connectivity index is 0.000000274. The van der Waals surface area contributed by atoms with Crippen LogP contribution in [0.15, 0.2) is 47.2 Å². The Hall–Kier alpha value is -4.02. The standard InChI is InChI=1S/C23H28N4O2.C6H9N3O2.H2/c1-22(2)10-19(22)21(29)26-15-23(16-26)8-9-25(14-23)20(28)18-11-24-27(13-18)12-17-6-4-3-5-7-17;1-4(7-3-10)6-8-5(2)9-11-6;/h3-7,11,13,19H,8-10,12,14-16H2,1-2H3;3-4H,1-2H3,(H,7,10);1H/t19-;4-;/m10./s1. The number of carbonyl (C=O) groups is 3. The fourth-order valence-electron chi connectivity index (χ4n) is 5.57. The van der Waals surface area contributed by atoms with Crippen LogP contribution < -0.4 is 5.32 Å². The molecule has 40 heavy (non-hydrogen) atoms. The van der Waals surface area contributed by atoms with Gasteiger partial charge in [0.1, 0.15) is 6.04 Å². The van der Waals surface area contributed by atoms with Crippen LogP contribution in [0, 0.1) is 23.7 Å². The third kappa shape index (κ3) is 5.93. The molecule has 2 saturated heterocycles. The number of likely N-dealkylation sites (tertiary alicyclic amines) is 2. The summed E-state index contributed by atoms with van der Waals surface area (Å²) in [5.41, 5.74) is 2.08. The fourth-order valence-corrected chi connectivity index (χ4v) is 5.57. The topological polar surface area (TPSA) is 126 Å². The van der Waals surface area contributed by atoms with Gasteiger partial charge >= 0.3 is 0 Å². The second kappa shape index (κ2) is 10.9. The molecule has 11 nitrogen and oxygen atoms in total. The molecule has 1 N–H and O–H groups in total. The zero-order valence-corrected chi connectivity index (χ0v) is 23.5. The SMILES string of the molecule is CC1(C)C[C@@H]1C(=O)N1CC2(CCN(C(=O)c3cnn(Cc4ccccc4)c3)C2)C1.Cc1noc([C@H](C)NC=O)n1.[HH]. The Morgan fingerprint density at radius 1 is 1.20 bits per heavy atom. The zero-order valence-electron chi connectivity index (χ0n) is 23.5. The minimum Gasteiger partial charge on any atom is -0.347 e. The first-order valence-corrected chi connectivity index (χ1v) is 13.7. The normalized spacial score (nSPS) is 20.8. The van der Waals surface area contributed by atoms with Gasteiger partial charge in [0, 0.05) is 45.1 Å². The van der Waals surface area contributed by atoms with Crippen molar-refractivity contribution in [1.29, 1.82) is 0 Å². The number of aryl methyl sites for hydroxylation is 1. The predicted octanol–water partition coefficient (Wildman–Crippen LogP) is 3.08. The van der Waals surface area contributed by atoms with Crippen molar-refractivity contribution in [3.63, 3.8) is 0 Å². The van der Waals surface area contributed by atoms with E-state index in [-0.39, 0.29) is 30.1 Å². The van der Waals surface area contributed by atoms with E-state index in [9.17, 15) is 14.4 Å². The van der Waals surface area contributed by atoms with Crippen LogP contribution in [0.3, 0.4) is 0 Å². The van der Waals surface area contributed by atoms with Crippen molar-refractivity contribution in [1.82, 2.24) is 35.0 Å². The monoisotopic (exact) mass is 549 g/mol. The van der Waals surface area contributed by atoms with Crippen molar-refractivity contribution < 1.29 is 20.3 Å². The highest BCUT2D eigenvalue weighted by molar-refractivity contribution is 5.94. The summed E-state index contributed by atoms with van der Waals surface area (Å²) in [6.45, 7) is 11.6. The van der Waals surface area contributed by atoms with Gasteiger partial charge in [-0.25, -0.2) is 0 Å². The van der Waals surface area contributed by atoms with Gasteiger partial charge in [0.25, 0.3) is 5.91 Å². The van der Waals surface area contributed by atoms with E-state index >= 15 is 0 Å². The van der Waals surface area contributed by atoms with Gasteiger partial charge in [0.15, 0.2) is 5.82 Å². The van der Waals surface area contributed by atoms with E-state index < -0.39 is 0 Å². The highest BCUT2D eigenvalue weighted by Crippen LogP contribution is 2.54. The van der Waals surface area contributed by atoms with Gasteiger partial charge in [0.2, 0.25) is 18.2 Å². The van der Waals surface area contributed by atoms with Gasteiger partial charge < -0.3 is 19.6 Å². The summed E-state index contributed by atoms with van der Waals surface area (Å²) in [7, 11) is 0. The summed E-state index contributed by atoms with van der Waals surface area (Å²) >= 11 is 0. The van der Waals surface area contributed by atoms with E-state index in [1.165, 1.54) is 0 Å². The summed E-state index contributed by atoms with van der Waals surface area (Å²) in [5.74, 6) is 1.56. The Labute approximate surface area is 235 Å². The first kappa shape index (κ1) is 27.5. The third-order valence-electron chi connectivity index (χ3n) is 8.20. The number of rotatable bonds is 7. The quantitative estimate of drug-likeness (QED) is 0.449. The van der Waals surface area contributed by atoms with Crippen LogP contribution in [0.1, 0.15) is 68.7 Å². The number of aromatic nitrogens is 4. The van der Waals surface area contributed by atoms with E-state index in [2.05, 4.69) is 46.5 Å². The first-order valence-electron chi connectivity index (χ1n) is 13.7. The number of nitrogens with one attached hydrogen (secondary N) is 1. The Kier molecular flexibility index (Phi) is 7.48. The molecule has 1 saturated carbocycles. The number of hydrogen-bond donors (Lipinski definition) is 1. The van der Waals surface area contributed by atoms with Gasteiger partial charge in [-0.3, -0.25) is 19.1 Å². The molecule has 2 aliphatic heterocycles. The van der Waals surface area contributed by atoms with Crippen molar-refractivity contribution in [3.8, 4) is 0 Å². The van der Waals surface area contributed by atoms with Gasteiger partial charge in [-0.15, -0.1) is 0 Å². The molecule has 3 fully saturated rings. The second-order valence-electron chi connectivity index (χ2n) is 12.0. The zero-order chi connectivity index (χ0) is 28.5. The van der Waals surface area contributed by atoms with E-state index in [1.54, 1.807) is 20.0 Å². The van der Waals surface area contributed by atoms with E-state index in [4.69, 9.17) is 4.52 Å². The highest BCUT2D eigenvalue weighted by atomic mass is 16.5. The number of nitrogens with zero attached hydrogens (tertiary/aromatic N) is 6. The highest BCUT2D eigenvalue weighted by Gasteiger charge is 2.57. The molecule has 3 aromatic rings. The molecule has 2 aromatic heterocycles. The molecule has 3 amide bonds. The Morgan fingerprint density at radius 2 is 1.90 bits per heavy atom. The van der Waals surface area contributed by atoms with Crippen LogP contribution >= 0.6 is 0 Å². The summed E-state index contributed by atoms with van der Waals surface area (Å²) in [4.78, 5) is 43.4. The minimum absolute atomic E-state index is 0. The largest absolute Gasteiger partial charge is 0.347 e. The summed E-state index contributed by atoms with van der Waals surface area (Å²) < 4.78 is 6.61. The average molecular weight is 550 g/mol. The maximum absolute atomic E-state index is 13.0. The van der Waals surface area contributed by atoms with Crippen molar-refractivity contribution in [2.75, 3.05) is 26.2 Å².